The minimum Gasteiger partial charge on any atom is -0.469 e. The van der Waals surface area contributed by atoms with E-state index < -0.39 is 17.8 Å². The van der Waals surface area contributed by atoms with Gasteiger partial charge in [0, 0.05) is 48.6 Å². The molecule has 4 rings (SSSR count). The Hall–Kier alpha value is -2.89. The zero-order valence-corrected chi connectivity index (χ0v) is 14.0. The summed E-state index contributed by atoms with van der Waals surface area (Å²) < 4.78 is 4.90. The van der Waals surface area contributed by atoms with E-state index in [2.05, 4.69) is 4.98 Å². The van der Waals surface area contributed by atoms with E-state index in [4.69, 9.17) is 4.74 Å². The second-order valence-electron chi connectivity index (χ2n) is 6.64. The molecule has 6 heteroatoms. The highest BCUT2D eigenvalue weighted by Crippen LogP contribution is 2.39. The average Bonchev–Trinajstić information content (AvgIpc) is 2.96. The summed E-state index contributed by atoms with van der Waals surface area (Å²) in [6.07, 6.45) is 1.88. The molecule has 0 amide bonds. The van der Waals surface area contributed by atoms with E-state index >= 15 is 0 Å². The summed E-state index contributed by atoms with van der Waals surface area (Å²) in [6.45, 7) is 0.427. The monoisotopic (exact) mass is 338 g/mol. The Labute approximate surface area is 144 Å². The zero-order chi connectivity index (χ0) is 17.7. The predicted octanol–water partition coefficient (Wildman–Crippen LogP) is 2.17. The molecule has 6 nitrogen and oxygen atoms in total. The molecule has 0 saturated heterocycles. The molecule has 1 aromatic heterocycles. The predicted molar refractivity (Wildman–Crippen MR) is 91.3 cm³/mol. The van der Waals surface area contributed by atoms with Crippen LogP contribution in [-0.4, -0.2) is 48.1 Å². The van der Waals surface area contributed by atoms with Crippen molar-refractivity contribution in [3.8, 4) is 0 Å². The van der Waals surface area contributed by atoms with Gasteiger partial charge in [-0.3, -0.25) is 14.4 Å². The molecule has 1 aromatic carbocycles. The first-order valence-electron chi connectivity index (χ1n) is 8.19. The van der Waals surface area contributed by atoms with Crippen LogP contribution in [0.3, 0.4) is 0 Å². The van der Waals surface area contributed by atoms with Crippen LogP contribution in [0.15, 0.2) is 36.0 Å². The summed E-state index contributed by atoms with van der Waals surface area (Å²) in [6, 6.07) is 7.38. The van der Waals surface area contributed by atoms with Gasteiger partial charge in [-0.25, -0.2) is 0 Å². The molecule has 25 heavy (non-hydrogen) atoms. The Bertz CT molecular complexity index is 940. The van der Waals surface area contributed by atoms with Crippen molar-refractivity contribution in [3.63, 3.8) is 0 Å². The first-order valence-corrected chi connectivity index (χ1v) is 8.19. The van der Waals surface area contributed by atoms with Crippen molar-refractivity contribution in [2.75, 3.05) is 20.7 Å². The van der Waals surface area contributed by atoms with Gasteiger partial charge in [0.15, 0.2) is 11.6 Å². The Balaban J connectivity index is 1.91. The van der Waals surface area contributed by atoms with Gasteiger partial charge >= 0.3 is 5.97 Å². The number of H-pyrrole nitrogens is 1. The fourth-order valence-electron chi connectivity index (χ4n) is 3.94. The minimum absolute atomic E-state index is 0.116. The van der Waals surface area contributed by atoms with Gasteiger partial charge in [0.05, 0.1) is 24.3 Å². The first kappa shape index (κ1) is 15.6. The van der Waals surface area contributed by atoms with Gasteiger partial charge in [-0.15, -0.1) is 0 Å². The van der Waals surface area contributed by atoms with Crippen molar-refractivity contribution in [3.05, 3.63) is 47.3 Å². The van der Waals surface area contributed by atoms with E-state index in [1.807, 2.05) is 36.2 Å². The minimum atomic E-state index is -0.529. The number of methoxy groups -OCH3 is 1. The van der Waals surface area contributed by atoms with Crippen molar-refractivity contribution in [2.24, 2.45) is 11.8 Å². The number of allylic oxidation sites excluding steroid dienone is 1. The number of Topliss-reactive ketones (excluding diaryl/α,β-unsaturated/α-hetero) is 2. The second kappa shape index (κ2) is 5.58. The van der Waals surface area contributed by atoms with Crippen molar-refractivity contribution in [1.29, 1.82) is 0 Å². The Morgan fingerprint density at radius 3 is 2.80 bits per heavy atom. The zero-order valence-electron chi connectivity index (χ0n) is 14.0. The SMILES string of the molecule is COC(=O)C1CN(C)C=C2C(=O)c3c([nH]c4ccccc34)C(=O)CC21. The largest absolute Gasteiger partial charge is 0.469 e. The molecule has 2 aliphatic rings. The van der Waals surface area contributed by atoms with Crippen LogP contribution in [0.2, 0.25) is 0 Å². The van der Waals surface area contributed by atoms with Gasteiger partial charge in [-0.05, 0) is 6.07 Å². The highest BCUT2D eigenvalue weighted by molar-refractivity contribution is 6.24. The number of hydrogen-bond acceptors (Lipinski definition) is 5. The maximum absolute atomic E-state index is 13.3. The highest BCUT2D eigenvalue weighted by Gasteiger charge is 2.43. The molecule has 2 heterocycles. The number of aromatic amines is 1. The summed E-state index contributed by atoms with van der Waals surface area (Å²) in [4.78, 5) is 43.2. The Morgan fingerprint density at radius 1 is 1.28 bits per heavy atom. The molecule has 0 bridgehead atoms. The third-order valence-electron chi connectivity index (χ3n) is 5.11. The summed E-state index contributed by atoms with van der Waals surface area (Å²) in [5.41, 5.74) is 2.02. The van der Waals surface area contributed by atoms with Crippen LogP contribution >= 0.6 is 0 Å². The van der Waals surface area contributed by atoms with Gasteiger partial charge in [0.1, 0.15) is 0 Å². The molecular weight excluding hydrogens is 320 g/mol. The van der Waals surface area contributed by atoms with Crippen molar-refractivity contribution in [2.45, 2.75) is 6.42 Å². The average molecular weight is 338 g/mol. The number of para-hydroxylation sites is 1. The standard InChI is InChI=1S/C19H18N2O4/c1-21-8-12-11(13(9-21)19(24)25-2)7-15(22)17-16(18(12)23)10-5-3-4-6-14(10)20-17/h3-6,8,11,13,20H,7,9H2,1-2H3. The molecular formula is C19H18N2O4. The number of aromatic nitrogens is 1. The Kier molecular flexibility index (Phi) is 3.49. The lowest BCUT2D eigenvalue weighted by Gasteiger charge is -2.33. The molecule has 128 valence electrons. The molecule has 1 N–H and O–H groups in total. The van der Waals surface area contributed by atoms with E-state index in [9.17, 15) is 14.4 Å². The normalized spacial score (nSPS) is 23.0. The number of ketones is 2. The molecule has 0 saturated carbocycles. The van der Waals surface area contributed by atoms with E-state index in [1.54, 1.807) is 6.20 Å². The van der Waals surface area contributed by atoms with Crippen LogP contribution in [0.4, 0.5) is 0 Å². The molecule has 1 aliphatic heterocycles. The van der Waals surface area contributed by atoms with Gasteiger partial charge in [-0.2, -0.15) is 0 Å². The van der Waals surface area contributed by atoms with Gasteiger partial charge < -0.3 is 14.6 Å². The number of fused-ring (bicyclic) bond motifs is 4. The maximum atomic E-state index is 13.3. The van der Waals surface area contributed by atoms with Crippen molar-refractivity contribution >= 4 is 28.4 Å². The van der Waals surface area contributed by atoms with E-state index in [0.717, 1.165) is 10.9 Å². The van der Waals surface area contributed by atoms with E-state index in [-0.39, 0.29) is 18.0 Å². The number of nitrogens with zero attached hydrogens (tertiary/aromatic N) is 1. The van der Waals surface area contributed by atoms with Gasteiger partial charge in [0.2, 0.25) is 0 Å². The summed E-state index contributed by atoms with van der Waals surface area (Å²) in [5, 5.41) is 0.736. The number of carbonyl (C=O) groups is 3. The number of hydrogen-bond donors (Lipinski definition) is 1. The third kappa shape index (κ3) is 2.28. The van der Waals surface area contributed by atoms with Crippen LogP contribution in [0.25, 0.3) is 10.9 Å². The number of carbonyl (C=O) groups excluding carboxylic acids is 3. The van der Waals surface area contributed by atoms with E-state index in [1.165, 1.54) is 7.11 Å². The maximum Gasteiger partial charge on any atom is 0.311 e. The summed E-state index contributed by atoms with van der Waals surface area (Å²) in [7, 11) is 3.14. The molecule has 2 atom stereocenters. The van der Waals surface area contributed by atoms with Crippen LogP contribution in [0.1, 0.15) is 27.3 Å². The van der Waals surface area contributed by atoms with Crippen molar-refractivity contribution < 1.29 is 19.1 Å². The van der Waals surface area contributed by atoms with Gasteiger partial charge in [0.25, 0.3) is 0 Å². The number of ether oxygens (including phenoxy) is 1. The number of esters is 1. The number of rotatable bonds is 1. The second-order valence-corrected chi connectivity index (χ2v) is 6.64. The van der Waals surface area contributed by atoms with E-state index in [0.29, 0.717) is 23.4 Å². The van der Waals surface area contributed by atoms with Crippen molar-refractivity contribution in [1.82, 2.24) is 9.88 Å². The fourth-order valence-corrected chi connectivity index (χ4v) is 3.94. The number of nitrogens with one attached hydrogen (secondary N) is 1. The highest BCUT2D eigenvalue weighted by atomic mass is 16.5. The first-order chi connectivity index (χ1) is 12.0. The molecule has 0 spiro atoms. The summed E-state index contributed by atoms with van der Waals surface area (Å²) >= 11 is 0. The third-order valence-corrected chi connectivity index (χ3v) is 5.11. The Morgan fingerprint density at radius 2 is 2.04 bits per heavy atom. The molecule has 1 aliphatic carbocycles. The topological polar surface area (TPSA) is 79.5 Å². The van der Waals surface area contributed by atoms with Crippen LogP contribution in [0.5, 0.6) is 0 Å². The lowest BCUT2D eigenvalue weighted by Crippen LogP contribution is -2.40. The fraction of sp³-hybridized carbons (Fsp3) is 0.316. The number of benzene rings is 1. The smallest absolute Gasteiger partial charge is 0.311 e. The lowest BCUT2D eigenvalue weighted by molar-refractivity contribution is -0.147. The van der Waals surface area contributed by atoms with Gasteiger partial charge in [-0.1, -0.05) is 18.2 Å². The molecule has 0 fully saturated rings. The molecule has 0 radical (unpaired) electrons. The van der Waals surface area contributed by atoms with Crippen LogP contribution in [-0.2, 0) is 9.53 Å². The molecule has 2 aromatic rings. The quantitative estimate of drug-likeness (QED) is 0.806. The van der Waals surface area contributed by atoms with Crippen LogP contribution in [0, 0.1) is 11.8 Å². The van der Waals surface area contributed by atoms with Crippen LogP contribution < -0.4 is 0 Å². The lowest BCUT2D eigenvalue weighted by atomic mass is 9.79. The molecule has 2 unspecified atom stereocenters. The summed E-state index contributed by atoms with van der Waals surface area (Å²) in [5.74, 6) is -1.71.